The third kappa shape index (κ3) is 4.55. The Morgan fingerprint density at radius 2 is 1.70 bits per heavy atom. The van der Waals surface area contributed by atoms with Gasteiger partial charge in [-0.2, -0.15) is 0 Å². The monoisotopic (exact) mass is 274 g/mol. The minimum atomic E-state index is 0.188. The van der Waals surface area contributed by atoms with Gasteiger partial charge in [0.1, 0.15) is 0 Å². The number of nitrogens with one attached hydrogen (secondary N) is 2. The van der Waals surface area contributed by atoms with Crippen molar-refractivity contribution in [3.05, 3.63) is 24.3 Å². The van der Waals surface area contributed by atoms with Crippen molar-refractivity contribution in [3.8, 4) is 0 Å². The fourth-order valence-electron chi connectivity index (χ4n) is 2.60. The predicted molar refractivity (Wildman–Crippen MR) is 85.0 cm³/mol. The number of hydrogen-bond donors (Lipinski definition) is 2. The van der Waals surface area contributed by atoms with Crippen molar-refractivity contribution in [1.82, 2.24) is 0 Å². The molecule has 2 N–H and O–H groups in total. The summed E-state index contributed by atoms with van der Waals surface area (Å²) in [6.07, 6.45) is 5.74. The third-order valence-electron chi connectivity index (χ3n) is 3.84. The van der Waals surface area contributed by atoms with Crippen LogP contribution in [0.15, 0.2) is 24.3 Å². The van der Waals surface area contributed by atoms with Crippen LogP contribution in [0.4, 0.5) is 11.4 Å². The summed E-state index contributed by atoms with van der Waals surface area (Å²) in [6.45, 7) is 5.34. The highest BCUT2D eigenvalue weighted by Gasteiger charge is 2.20. The molecule has 0 heterocycles. The topological polar surface area (TPSA) is 41.1 Å². The van der Waals surface area contributed by atoms with E-state index in [2.05, 4.69) is 24.5 Å². The lowest BCUT2D eigenvalue weighted by molar-refractivity contribution is -0.120. The van der Waals surface area contributed by atoms with E-state index >= 15 is 0 Å². The summed E-state index contributed by atoms with van der Waals surface area (Å²) in [4.78, 5) is 12.1. The van der Waals surface area contributed by atoms with Crippen molar-refractivity contribution in [2.24, 2.45) is 11.8 Å². The van der Waals surface area contributed by atoms with E-state index in [0.29, 0.717) is 5.92 Å². The first-order valence-corrected chi connectivity index (χ1v) is 7.80. The highest BCUT2D eigenvalue weighted by Crippen LogP contribution is 2.25. The van der Waals surface area contributed by atoms with Gasteiger partial charge in [-0.1, -0.05) is 33.1 Å². The molecule has 1 aliphatic carbocycles. The summed E-state index contributed by atoms with van der Waals surface area (Å²) < 4.78 is 0. The van der Waals surface area contributed by atoms with Crippen LogP contribution in [0.3, 0.4) is 0 Å². The Labute approximate surface area is 122 Å². The predicted octanol–water partition coefficient (Wildman–Crippen LogP) is 4.27. The van der Waals surface area contributed by atoms with E-state index in [9.17, 15) is 4.79 Å². The van der Waals surface area contributed by atoms with Gasteiger partial charge in [0.15, 0.2) is 0 Å². The van der Waals surface area contributed by atoms with Crippen LogP contribution in [0, 0.1) is 11.8 Å². The van der Waals surface area contributed by atoms with Crippen molar-refractivity contribution >= 4 is 17.3 Å². The Morgan fingerprint density at radius 1 is 1.10 bits per heavy atom. The van der Waals surface area contributed by atoms with Crippen LogP contribution in [0.5, 0.6) is 0 Å². The number of carbonyl (C=O) groups is 1. The molecule has 0 spiro atoms. The lowest BCUT2D eigenvalue weighted by Gasteiger charge is -2.20. The number of benzene rings is 1. The van der Waals surface area contributed by atoms with E-state index < -0.39 is 0 Å². The third-order valence-corrected chi connectivity index (χ3v) is 3.84. The fourth-order valence-corrected chi connectivity index (χ4v) is 2.60. The second-order valence-corrected chi connectivity index (χ2v) is 6.18. The summed E-state index contributed by atoms with van der Waals surface area (Å²) in [5.74, 6) is 1.02. The average molecular weight is 274 g/mol. The molecule has 0 unspecified atom stereocenters. The molecule has 0 atom stereocenters. The van der Waals surface area contributed by atoms with Gasteiger partial charge < -0.3 is 10.6 Å². The van der Waals surface area contributed by atoms with Crippen LogP contribution in [0.2, 0.25) is 0 Å². The lowest BCUT2D eigenvalue weighted by Crippen LogP contribution is -2.24. The van der Waals surface area contributed by atoms with E-state index in [0.717, 1.165) is 30.8 Å². The van der Waals surface area contributed by atoms with Crippen molar-refractivity contribution in [3.63, 3.8) is 0 Å². The Balaban J connectivity index is 1.84. The van der Waals surface area contributed by atoms with Crippen molar-refractivity contribution in [1.29, 1.82) is 0 Å². The van der Waals surface area contributed by atoms with E-state index in [1.807, 2.05) is 24.3 Å². The molecular formula is C17H26N2O. The molecular weight excluding hydrogens is 248 g/mol. The zero-order chi connectivity index (χ0) is 14.4. The van der Waals surface area contributed by atoms with Crippen LogP contribution in [0.1, 0.15) is 46.0 Å². The molecule has 0 saturated heterocycles. The number of rotatable bonds is 5. The molecule has 20 heavy (non-hydrogen) atoms. The molecule has 1 aromatic rings. The second kappa shape index (κ2) is 7.32. The SMILES string of the molecule is CC(C)CNc1ccc(NC(=O)C2CCCCC2)cc1. The number of hydrogen-bond acceptors (Lipinski definition) is 2. The number of anilines is 2. The molecule has 2 rings (SSSR count). The van der Waals surface area contributed by atoms with Crippen LogP contribution in [0.25, 0.3) is 0 Å². The maximum atomic E-state index is 12.1. The highest BCUT2D eigenvalue weighted by molar-refractivity contribution is 5.92. The van der Waals surface area contributed by atoms with Crippen LogP contribution >= 0.6 is 0 Å². The zero-order valence-corrected chi connectivity index (χ0v) is 12.6. The summed E-state index contributed by atoms with van der Waals surface area (Å²) in [5, 5.41) is 6.41. The van der Waals surface area contributed by atoms with Crippen LogP contribution < -0.4 is 10.6 Å². The van der Waals surface area contributed by atoms with Gasteiger partial charge in [-0.3, -0.25) is 4.79 Å². The molecule has 1 aromatic carbocycles. The first kappa shape index (κ1) is 14.9. The van der Waals surface area contributed by atoms with Crippen LogP contribution in [-0.2, 0) is 4.79 Å². The number of carbonyl (C=O) groups excluding carboxylic acids is 1. The molecule has 3 nitrogen and oxygen atoms in total. The molecule has 110 valence electrons. The molecule has 0 aromatic heterocycles. The number of amides is 1. The average Bonchev–Trinajstić information content (AvgIpc) is 2.47. The first-order valence-electron chi connectivity index (χ1n) is 7.80. The second-order valence-electron chi connectivity index (χ2n) is 6.18. The minimum Gasteiger partial charge on any atom is -0.385 e. The van der Waals surface area contributed by atoms with Gasteiger partial charge in [0.25, 0.3) is 0 Å². The van der Waals surface area contributed by atoms with E-state index in [1.54, 1.807) is 0 Å². The molecule has 3 heteroatoms. The highest BCUT2D eigenvalue weighted by atomic mass is 16.1. The zero-order valence-electron chi connectivity index (χ0n) is 12.6. The van der Waals surface area contributed by atoms with Gasteiger partial charge in [-0.05, 0) is 43.0 Å². The van der Waals surface area contributed by atoms with E-state index in [1.165, 1.54) is 19.3 Å². The van der Waals surface area contributed by atoms with Gasteiger partial charge in [0.05, 0.1) is 0 Å². The van der Waals surface area contributed by atoms with Gasteiger partial charge in [-0.15, -0.1) is 0 Å². The fraction of sp³-hybridized carbons (Fsp3) is 0.588. The molecule has 0 aliphatic heterocycles. The largest absolute Gasteiger partial charge is 0.385 e. The minimum absolute atomic E-state index is 0.188. The summed E-state index contributed by atoms with van der Waals surface area (Å²) in [6, 6.07) is 8.00. The van der Waals surface area contributed by atoms with Crippen molar-refractivity contribution in [2.45, 2.75) is 46.0 Å². The Bertz CT molecular complexity index is 419. The summed E-state index contributed by atoms with van der Waals surface area (Å²) >= 11 is 0. The molecule has 1 amide bonds. The molecule has 0 bridgehead atoms. The summed E-state index contributed by atoms with van der Waals surface area (Å²) in [5.41, 5.74) is 2.00. The van der Waals surface area contributed by atoms with Gasteiger partial charge >= 0.3 is 0 Å². The Morgan fingerprint density at radius 3 is 2.30 bits per heavy atom. The van der Waals surface area contributed by atoms with Crippen molar-refractivity contribution < 1.29 is 4.79 Å². The first-order chi connectivity index (χ1) is 9.65. The van der Waals surface area contributed by atoms with Gasteiger partial charge in [-0.25, -0.2) is 0 Å². The standard InChI is InChI=1S/C17H26N2O/c1-13(2)12-18-15-8-10-16(11-9-15)19-17(20)14-6-4-3-5-7-14/h8-11,13-14,18H,3-7,12H2,1-2H3,(H,19,20). The van der Waals surface area contributed by atoms with E-state index in [-0.39, 0.29) is 11.8 Å². The maximum absolute atomic E-state index is 12.1. The normalized spacial score (nSPS) is 16.1. The Kier molecular flexibility index (Phi) is 5.45. The Hall–Kier alpha value is -1.51. The van der Waals surface area contributed by atoms with Crippen molar-refractivity contribution in [2.75, 3.05) is 17.2 Å². The quantitative estimate of drug-likeness (QED) is 0.841. The molecule has 0 radical (unpaired) electrons. The van der Waals surface area contributed by atoms with E-state index in [4.69, 9.17) is 0 Å². The molecule has 1 fully saturated rings. The van der Waals surface area contributed by atoms with Gasteiger partial charge in [0, 0.05) is 23.8 Å². The van der Waals surface area contributed by atoms with Crippen LogP contribution in [-0.4, -0.2) is 12.5 Å². The summed E-state index contributed by atoms with van der Waals surface area (Å²) in [7, 11) is 0. The maximum Gasteiger partial charge on any atom is 0.227 e. The molecule has 1 saturated carbocycles. The molecule has 1 aliphatic rings. The smallest absolute Gasteiger partial charge is 0.227 e. The van der Waals surface area contributed by atoms with Gasteiger partial charge in [0.2, 0.25) is 5.91 Å². The lowest BCUT2D eigenvalue weighted by atomic mass is 9.88.